The smallest absolute Gasteiger partial charge is 0.257 e. The number of aromatic nitrogens is 2. The number of nitrogens with zero attached hydrogens (tertiary/aromatic N) is 3. The molecule has 1 aliphatic heterocycles. The van der Waals surface area contributed by atoms with Gasteiger partial charge in [-0.15, -0.1) is 11.8 Å². The second-order valence-corrected chi connectivity index (χ2v) is 8.45. The van der Waals surface area contributed by atoms with Crippen molar-refractivity contribution in [1.82, 2.24) is 9.55 Å². The molecule has 2 aromatic carbocycles. The first-order valence-corrected chi connectivity index (χ1v) is 11.2. The SMILES string of the molecule is O=C(Nc1cccc(C(=NO)c2ccccc2)c1)c1ccn2c1CSC2c1cccnc1. The quantitative estimate of drug-likeness (QED) is 0.255. The van der Waals surface area contributed by atoms with E-state index < -0.39 is 0 Å². The zero-order valence-electron chi connectivity index (χ0n) is 17.1. The van der Waals surface area contributed by atoms with Crippen molar-refractivity contribution >= 4 is 29.1 Å². The minimum absolute atomic E-state index is 0.123. The molecule has 0 saturated carbocycles. The summed E-state index contributed by atoms with van der Waals surface area (Å²) in [5, 5.41) is 16.2. The third kappa shape index (κ3) is 3.78. The van der Waals surface area contributed by atoms with Crippen molar-refractivity contribution in [3.05, 3.63) is 119 Å². The molecule has 0 aliphatic carbocycles. The van der Waals surface area contributed by atoms with Gasteiger partial charge < -0.3 is 15.1 Å². The Kier molecular flexibility index (Phi) is 5.47. The lowest BCUT2D eigenvalue weighted by Gasteiger charge is -2.12. The number of amides is 1. The molecule has 1 unspecified atom stereocenters. The highest BCUT2D eigenvalue weighted by atomic mass is 32.2. The predicted octanol–water partition coefficient (Wildman–Crippen LogP) is 5.16. The first-order chi connectivity index (χ1) is 15.7. The zero-order valence-corrected chi connectivity index (χ0v) is 17.9. The van der Waals surface area contributed by atoms with Gasteiger partial charge in [-0.25, -0.2) is 0 Å². The van der Waals surface area contributed by atoms with Crippen LogP contribution in [0.5, 0.6) is 0 Å². The van der Waals surface area contributed by atoms with Gasteiger partial charge in [-0.1, -0.05) is 53.7 Å². The first-order valence-electron chi connectivity index (χ1n) is 10.1. The van der Waals surface area contributed by atoms with E-state index in [2.05, 4.69) is 26.1 Å². The van der Waals surface area contributed by atoms with Crippen LogP contribution in [0.2, 0.25) is 0 Å². The summed E-state index contributed by atoms with van der Waals surface area (Å²) in [6.45, 7) is 0. The molecule has 1 atom stereocenters. The van der Waals surface area contributed by atoms with Crippen LogP contribution in [0.1, 0.15) is 38.1 Å². The van der Waals surface area contributed by atoms with Crippen molar-refractivity contribution < 1.29 is 10.0 Å². The van der Waals surface area contributed by atoms with Gasteiger partial charge >= 0.3 is 0 Å². The third-order valence-corrected chi connectivity index (χ3v) is 6.67. The number of benzene rings is 2. The molecule has 0 spiro atoms. The second-order valence-electron chi connectivity index (χ2n) is 7.38. The van der Waals surface area contributed by atoms with E-state index in [9.17, 15) is 10.0 Å². The van der Waals surface area contributed by atoms with Gasteiger partial charge in [-0.3, -0.25) is 9.78 Å². The van der Waals surface area contributed by atoms with Gasteiger partial charge in [0.25, 0.3) is 5.91 Å². The molecule has 1 aliphatic rings. The number of carbonyl (C=O) groups excluding carboxylic acids is 1. The molecular weight excluding hydrogens is 420 g/mol. The minimum atomic E-state index is -0.162. The fourth-order valence-electron chi connectivity index (χ4n) is 3.90. The molecule has 2 N–H and O–H groups in total. The first kappa shape index (κ1) is 20.1. The van der Waals surface area contributed by atoms with Crippen molar-refractivity contribution in [3.8, 4) is 0 Å². The number of anilines is 1. The van der Waals surface area contributed by atoms with Crippen molar-refractivity contribution in [2.24, 2.45) is 5.16 Å². The minimum Gasteiger partial charge on any atom is -0.410 e. The number of hydrogen-bond acceptors (Lipinski definition) is 5. The van der Waals surface area contributed by atoms with Crippen LogP contribution in [0.3, 0.4) is 0 Å². The average Bonchev–Trinajstić information content (AvgIpc) is 3.44. The van der Waals surface area contributed by atoms with E-state index in [1.165, 1.54) is 0 Å². The molecule has 0 radical (unpaired) electrons. The van der Waals surface area contributed by atoms with E-state index in [1.807, 2.05) is 79.1 Å². The summed E-state index contributed by atoms with van der Waals surface area (Å²) in [6.07, 6.45) is 5.59. The lowest BCUT2D eigenvalue weighted by Crippen LogP contribution is -2.14. The summed E-state index contributed by atoms with van der Waals surface area (Å²) in [5.74, 6) is 0.593. The van der Waals surface area contributed by atoms with E-state index in [-0.39, 0.29) is 11.3 Å². The molecule has 7 heteroatoms. The van der Waals surface area contributed by atoms with Gasteiger partial charge in [-0.05, 0) is 24.3 Å². The van der Waals surface area contributed by atoms with E-state index in [4.69, 9.17) is 0 Å². The van der Waals surface area contributed by atoms with Crippen LogP contribution in [0, 0.1) is 0 Å². The van der Waals surface area contributed by atoms with Gasteiger partial charge in [0.15, 0.2) is 0 Å². The second kappa shape index (κ2) is 8.72. The molecule has 1 amide bonds. The number of nitrogens with one attached hydrogen (secondary N) is 1. The molecule has 0 fully saturated rings. The van der Waals surface area contributed by atoms with Crippen LogP contribution in [0.4, 0.5) is 5.69 Å². The molecule has 4 aromatic rings. The number of rotatable bonds is 5. The number of hydrogen-bond donors (Lipinski definition) is 2. The van der Waals surface area contributed by atoms with E-state index in [1.54, 1.807) is 18.0 Å². The number of fused-ring (bicyclic) bond motifs is 1. The average molecular weight is 441 g/mol. The number of thioether (sulfide) groups is 1. The van der Waals surface area contributed by atoms with Crippen LogP contribution in [-0.2, 0) is 5.75 Å². The number of oxime groups is 1. The predicted molar refractivity (Wildman–Crippen MR) is 126 cm³/mol. The molecule has 0 saturated heterocycles. The molecule has 32 heavy (non-hydrogen) atoms. The van der Waals surface area contributed by atoms with E-state index in [0.29, 0.717) is 22.5 Å². The van der Waals surface area contributed by atoms with Gasteiger partial charge in [0, 0.05) is 52.4 Å². The largest absolute Gasteiger partial charge is 0.410 e. The molecular formula is C25H20N4O2S. The molecule has 5 rings (SSSR count). The molecule has 0 bridgehead atoms. The lowest BCUT2D eigenvalue weighted by atomic mass is 10.0. The van der Waals surface area contributed by atoms with Crippen molar-refractivity contribution in [2.75, 3.05) is 5.32 Å². The topological polar surface area (TPSA) is 79.5 Å². The van der Waals surface area contributed by atoms with Crippen LogP contribution in [-0.4, -0.2) is 26.4 Å². The fraction of sp³-hybridized carbons (Fsp3) is 0.0800. The zero-order chi connectivity index (χ0) is 21.9. The van der Waals surface area contributed by atoms with Gasteiger partial charge in [0.1, 0.15) is 11.1 Å². The highest BCUT2D eigenvalue weighted by molar-refractivity contribution is 7.99. The normalized spacial score (nSPS) is 15.4. The maximum absolute atomic E-state index is 13.1. The Morgan fingerprint density at radius 1 is 1.06 bits per heavy atom. The number of carbonyl (C=O) groups is 1. The maximum atomic E-state index is 13.1. The highest BCUT2D eigenvalue weighted by Crippen LogP contribution is 2.41. The van der Waals surface area contributed by atoms with Gasteiger partial charge in [0.05, 0.1) is 5.56 Å². The Morgan fingerprint density at radius 2 is 1.91 bits per heavy atom. The van der Waals surface area contributed by atoms with Crippen molar-refractivity contribution in [2.45, 2.75) is 11.1 Å². The monoisotopic (exact) mass is 440 g/mol. The highest BCUT2D eigenvalue weighted by Gasteiger charge is 2.28. The summed E-state index contributed by atoms with van der Waals surface area (Å²) >= 11 is 1.78. The molecule has 6 nitrogen and oxygen atoms in total. The lowest BCUT2D eigenvalue weighted by molar-refractivity contribution is 0.102. The third-order valence-electron chi connectivity index (χ3n) is 5.41. The Bertz CT molecular complexity index is 1290. The Labute approximate surface area is 189 Å². The maximum Gasteiger partial charge on any atom is 0.257 e. The standard InChI is InChI=1S/C25H20N4O2S/c30-24(21-11-13-29-22(21)16-32-25(29)19-9-5-12-26-15-19)27-20-10-4-8-18(14-20)23(28-31)17-6-2-1-3-7-17/h1-15,25,31H,16H2,(H,27,30). The molecule has 3 heterocycles. The van der Waals surface area contributed by atoms with Crippen LogP contribution in [0.15, 0.2) is 96.5 Å². The summed E-state index contributed by atoms with van der Waals surface area (Å²) in [6, 6.07) is 22.6. The Morgan fingerprint density at radius 3 is 2.69 bits per heavy atom. The number of pyridine rings is 1. The Hall–Kier alpha value is -3.84. The van der Waals surface area contributed by atoms with E-state index in [0.717, 1.165) is 22.6 Å². The summed E-state index contributed by atoms with van der Waals surface area (Å²) < 4.78 is 2.14. The van der Waals surface area contributed by atoms with Crippen molar-refractivity contribution in [3.63, 3.8) is 0 Å². The summed E-state index contributed by atoms with van der Waals surface area (Å²) in [5.41, 5.74) is 5.37. The van der Waals surface area contributed by atoms with Gasteiger partial charge in [0.2, 0.25) is 0 Å². The summed E-state index contributed by atoms with van der Waals surface area (Å²) in [4.78, 5) is 17.3. The molecule has 2 aromatic heterocycles. The van der Waals surface area contributed by atoms with Crippen LogP contribution >= 0.6 is 11.8 Å². The van der Waals surface area contributed by atoms with Crippen LogP contribution in [0.25, 0.3) is 0 Å². The van der Waals surface area contributed by atoms with E-state index >= 15 is 0 Å². The van der Waals surface area contributed by atoms with Crippen LogP contribution < -0.4 is 5.32 Å². The fourth-order valence-corrected chi connectivity index (χ4v) is 5.21. The van der Waals surface area contributed by atoms with Gasteiger partial charge in [-0.2, -0.15) is 0 Å². The molecule has 158 valence electrons. The van der Waals surface area contributed by atoms with Crippen molar-refractivity contribution in [1.29, 1.82) is 0 Å². The summed E-state index contributed by atoms with van der Waals surface area (Å²) in [7, 11) is 0. The Balaban J connectivity index is 1.38.